The number of nitrogens with zero attached hydrogens (tertiary/aromatic N) is 2. The van der Waals surface area contributed by atoms with Crippen molar-refractivity contribution < 1.29 is 0 Å². The summed E-state index contributed by atoms with van der Waals surface area (Å²) in [5, 5.41) is 3.31. The molecule has 0 saturated carbocycles. The summed E-state index contributed by atoms with van der Waals surface area (Å²) in [6, 6.07) is 5.40. The molecule has 106 valence electrons. The Morgan fingerprint density at radius 2 is 2.21 bits per heavy atom. The molecule has 1 aromatic rings. The van der Waals surface area contributed by atoms with Gasteiger partial charge in [0.05, 0.1) is 17.6 Å². The van der Waals surface area contributed by atoms with Crippen molar-refractivity contribution in [1.29, 1.82) is 0 Å². The van der Waals surface area contributed by atoms with Crippen LogP contribution in [-0.2, 0) is 0 Å². The summed E-state index contributed by atoms with van der Waals surface area (Å²) in [7, 11) is 2.00. The lowest BCUT2D eigenvalue weighted by molar-refractivity contribution is 0.377. The van der Waals surface area contributed by atoms with Crippen LogP contribution in [0.25, 0.3) is 0 Å². The smallest absolute Gasteiger partial charge is 0.0574 e. The maximum Gasteiger partial charge on any atom is 0.0574 e. The van der Waals surface area contributed by atoms with Crippen molar-refractivity contribution in [2.75, 3.05) is 18.5 Å². The molecule has 3 unspecified atom stereocenters. The van der Waals surface area contributed by atoms with Crippen molar-refractivity contribution >= 4 is 5.69 Å². The number of nitrogens with one attached hydrogen (secondary N) is 1. The highest BCUT2D eigenvalue weighted by molar-refractivity contribution is 5.46. The monoisotopic (exact) mass is 261 g/mol. The molecule has 1 aliphatic rings. The highest BCUT2D eigenvalue weighted by Gasteiger charge is 2.23. The third-order valence-electron chi connectivity index (χ3n) is 4.35. The molecule has 1 N–H and O–H groups in total. The van der Waals surface area contributed by atoms with E-state index in [1.165, 1.54) is 18.5 Å². The fraction of sp³-hybridized carbons (Fsp3) is 0.688. The van der Waals surface area contributed by atoms with Crippen LogP contribution in [0.4, 0.5) is 5.69 Å². The highest BCUT2D eigenvalue weighted by atomic mass is 15.2. The zero-order valence-corrected chi connectivity index (χ0v) is 12.7. The Balaban J connectivity index is 2.09. The predicted octanol–water partition coefficient (Wildman–Crippen LogP) is 3.38. The van der Waals surface area contributed by atoms with Gasteiger partial charge >= 0.3 is 0 Å². The fourth-order valence-electron chi connectivity index (χ4n) is 3.13. The van der Waals surface area contributed by atoms with E-state index in [-0.39, 0.29) is 0 Å². The van der Waals surface area contributed by atoms with Crippen LogP contribution in [0.15, 0.2) is 18.3 Å². The van der Waals surface area contributed by atoms with Crippen molar-refractivity contribution in [3.63, 3.8) is 0 Å². The van der Waals surface area contributed by atoms with Crippen LogP contribution in [0.5, 0.6) is 0 Å². The molecule has 3 heteroatoms. The van der Waals surface area contributed by atoms with Crippen LogP contribution in [0.3, 0.4) is 0 Å². The van der Waals surface area contributed by atoms with E-state index in [1.807, 2.05) is 13.2 Å². The van der Waals surface area contributed by atoms with Crippen LogP contribution in [-0.4, -0.2) is 24.6 Å². The summed E-state index contributed by atoms with van der Waals surface area (Å²) >= 11 is 0. The average molecular weight is 261 g/mol. The van der Waals surface area contributed by atoms with E-state index in [2.05, 4.69) is 48.1 Å². The number of hydrogen-bond acceptors (Lipinski definition) is 3. The summed E-state index contributed by atoms with van der Waals surface area (Å²) in [6.07, 6.45) is 5.69. The number of aromatic nitrogens is 1. The first-order valence-corrected chi connectivity index (χ1v) is 7.55. The highest BCUT2D eigenvalue weighted by Crippen LogP contribution is 2.27. The second-order valence-electron chi connectivity index (χ2n) is 5.86. The van der Waals surface area contributed by atoms with Gasteiger partial charge in [-0.05, 0) is 51.3 Å². The van der Waals surface area contributed by atoms with E-state index >= 15 is 0 Å². The molecule has 0 amide bonds. The van der Waals surface area contributed by atoms with Gasteiger partial charge in [0, 0.05) is 18.6 Å². The van der Waals surface area contributed by atoms with Crippen LogP contribution in [0.2, 0.25) is 0 Å². The largest absolute Gasteiger partial charge is 0.368 e. The van der Waals surface area contributed by atoms with E-state index in [9.17, 15) is 0 Å². The molecule has 2 heterocycles. The molecule has 2 rings (SSSR count). The SMILES string of the molecule is CCC(NC)c1ccc(N2CCC(C)CC2C)cn1. The Morgan fingerprint density at radius 1 is 1.42 bits per heavy atom. The Morgan fingerprint density at radius 3 is 2.74 bits per heavy atom. The van der Waals surface area contributed by atoms with Gasteiger partial charge < -0.3 is 10.2 Å². The lowest BCUT2D eigenvalue weighted by atomic mass is 9.93. The fourth-order valence-corrected chi connectivity index (χ4v) is 3.13. The molecule has 1 aromatic heterocycles. The topological polar surface area (TPSA) is 28.2 Å². The van der Waals surface area contributed by atoms with E-state index in [0.29, 0.717) is 12.1 Å². The summed E-state index contributed by atoms with van der Waals surface area (Å²) in [4.78, 5) is 7.14. The third-order valence-corrected chi connectivity index (χ3v) is 4.35. The second kappa shape index (κ2) is 6.38. The van der Waals surface area contributed by atoms with Gasteiger partial charge in [-0.15, -0.1) is 0 Å². The average Bonchev–Trinajstić information content (AvgIpc) is 2.41. The zero-order valence-electron chi connectivity index (χ0n) is 12.7. The van der Waals surface area contributed by atoms with Crippen molar-refractivity contribution in [3.8, 4) is 0 Å². The molecule has 3 atom stereocenters. The first-order chi connectivity index (χ1) is 9.15. The molecule has 0 spiro atoms. The Kier molecular flexibility index (Phi) is 4.81. The lowest BCUT2D eigenvalue weighted by Crippen LogP contribution is -2.40. The van der Waals surface area contributed by atoms with Gasteiger partial charge in [0.1, 0.15) is 0 Å². The maximum atomic E-state index is 4.65. The molecule has 0 bridgehead atoms. The van der Waals surface area contributed by atoms with Crippen molar-refractivity contribution in [3.05, 3.63) is 24.0 Å². The standard InChI is InChI=1S/C16H27N3/c1-5-15(17-4)16-7-6-14(11-18-16)19-9-8-12(2)10-13(19)3/h6-7,11-13,15,17H,5,8-10H2,1-4H3. The quantitative estimate of drug-likeness (QED) is 0.900. The van der Waals surface area contributed by atoms with E-state index in [1.54, 1.807) is 0 Å². The van der Waals surface area contributed by atoms with Crippen LogP contribution >= 0.6 is 0 Å². The molecule has 1 saturated heterocycles. The van der Waals surface area contributed by atoms with Crippen molar-refractivity contribution in [2.45, 2.75) is 52.1 Å². The van der Waals surface area contributed by atoms with Gasteiger partial charge in [-0.1, -0.05) is 13.8 Å². The third kappa shape index (κ3) is 3.27. The summed E-state index contributed by atoms with van der Waals surface area (Å²) < 4.78 is 0. The van der Waals surface area contributed by atoms with Crippen molar-refractivity contribution in [2.24, 2.45) is 5.92 Å². The second-order valence-corrected chi connectivity index (χ2v) is 5.86. The number of hydrogen-bond donors (Lipinski definition) is 1. The molecular formula is C16H27N3. The Hall–Kier alpha value is -1.09. The number of pyridine rings is 1. The molecule has 1 aliphatic heterocycles. The molecule has 3 nitrogen and oxygen atoms in total. The first-order valence-electron chi connectivity index (χ1n) is 7.55. The number of piperidine rings is 1. The lowest BCUT2D eigenvalue weighted by Gasteiger charge is -2.38. The minimum atomic E-state index is 0.368. The number of rotatable bonds is 4. The molecule has 0 aliphatic carbocycles. The zero-order chi connectivity index (χ0) is 13.8. The molecule has 1 fully saturated rings. The van der Waals surface area contributed by atoms with Gasteiger partial charge in [-0.2, -0.15) is 0 Å². The predicted molar refractivity (Wildman–Crippen MR) is 81.5 cm³/mol. The van der Waals surface area contributed by atoms with Crippen molar-refractivity contribution in [1.82, 2.24) is 10.3 Å². The van der Waals surface area contributed by atoms with E-state index in [0.717, 1.165) is 24.6 Å². The van der Waals surface area contributed by atoms with Gasteiger partial charge in [-0.3, -0.25) is 4.98 Å². The first kappa shape index (κ1) is 14.3. The Labute approximate surface area is 117 Å². The van der Waals surface area contributed by atoms with E-state index in [4.69, 9.17) is 0 Å². The van der Waals surface area contributed by atoms with Crippen LogP contribution < -0.4 is 10.2 Å². The maximum absolute atomic E-state index is 4.65. The normalized spacial score (nSPS) is 25.4. The summed E-state index contributed by atoms with van der Waals surface area (Å²) in [6.45, 7) is 8.03. The molecule has 19 heavy (non-hydrogen) atoms. The van der Waals surface area contributed by atoms with Crippen LogP contribution in [0.1, 0.15) is 51.8 Å². The number of anilines is 1. The van der Waals surface area contributed by atoms with Gasteiger partial charge in [0.15, 0.2) is 0 Å². The minimum absolute atomic E-state index is 0.368. The minimum Gasteiger partial charge on any atom is -0.368 e. The van der Waals surface area contributed by atoms with E-state index < -0.39 is 0 Å². The summed E-state index contributed by atoms with van der Waals surface area (Å²) in [5.41, 5.74) is 2.42. The van der Waals surface area contributed by atoms with Gasteiger partial charge in [0.25, 0.3) is 0 Å². The molecular weight excluding hydrogens is 234 g/mol. The molecule has 0 radical (unpaired) electrons. The summed E-state index contributed by atoms with van der Waals surface area (Å²) in [5.74, 6) is 0.854. The van der Waals surface area contributed by atoms with Gasteiger partial charge in [-0.25, -0.2) is 0 Å². The van der Waals surface area contributed by atoms with Gasteiger partial charge in [0.2, 0.25) is 0 Å². The molecule has 0 aromatic carbocycles. The Bertz CT molecular complexity index is 383. The van der Waals surface area contributed by atoms with Crippen LogP contribution in [0, 0.1) is 5.92 Å².